The number of nitrogens with one attached hydrogen (secondary N) is 2. The number of aromatic nitrogens is 2. The summed E-state index contributed by atoms with van der Waals surface area (Å²) in [6.45, 7) is 4.41. The summed E-state index contributed by atoms with van der Waals surface area (Å²) in [5, 5.41) is 1.77. The molecule has 0 radical (unpaired) electrons. The molecule has 1 heterocycles. The van der Waals surface area contributed by atoms with E-state index in [0.717, 1.165) is 17.1 Å². The molecule has 0 aliphatic rings. The molecule has 4 N–H and O–H groups in total. The highest BCUT2D eigenvalue weighted by molar-refractivity contribution is 7.71. The van der Waals surface area contributed by atoms with Gasteiger partial charge in [0.05, 0.1) is 10.7 Å². The van der Waals surface area contributed by atoms with Crippen LogP contribution in [0.3, 0.4) is 0 Å². The van der Waals surface area contributed by atoms with Crippen molar-refractivity contribution in [3.05, 3.63) is 15.5 Å². The third-order valence-corrected chi connectivity index (χ3v) is 1.56. The Labute approximate surface area is 69.6 Å². The lowest BCUT2D eigenvalue weighted by molar-refractivity contribution is 1.03. The summed E-state index contributed by atoms with van der Waals surface area (Å²) >= 11 is 4.87. The molecule has 0 atom stereocenters. The maximum atomic E-state index is 5.33. The van der Waals surface area contributed by atoms with Crippen LogP contribution in [-0.2, 0) is 0 Å². The molecule has 0 fully saturated rings. The molecule has 11 heavy (non-hydrogen) atoms. The highest BCUT2D eigenvalue weighted by Gasteiger charge is 1.83. The molecule has 0 aliphatic carbocycles. The van der Waals surface area contributed by atoms with Gasteiger partial charge in [0.25, 0.3) is 0 Å². The van der Waals surface area contributed by atoms with Crippen molar-refractivity contribution in [1.82, 2.24) is 9.97 Å². The van der Waals surface area contributed by atoms with E-state index in [2.05, 4.69) is 16.5 Å². The van der Waals surface area contributed by atoms with Gasteiger partial charge < -0.3 is 15.7 Å². The predicted octanol–water partition coefficient (Wildman–Crippen LogP) is -0.388. The first-order valence-electron chi connectivity index (χ1n) is 3.41. The van der Waals surface area contributed by atoms with E-state index in [-0.39, 0.29) is 0 Å². The summed E-state index contributed by atoms with van der Waals surface area (Å²) < 4.78 is 0.610. The van der Waals surface area contributed by atoms with Gasteiger partial charge in [-0.2, -0.15) is 0 Å². The van der Waals surface area contributed by atoms with Crippen molar-refractivity contribution in [1.29, 1.82) is 0 Å². The van der Waals surface area contributed by atoms with Crippen molar-refractivity contribution < 1.29 is 0 Å². The predicted molar refractivity (Wildman–Crippen MR) is 48.9 cm³/mol. The Balaban J connectivity index is 3.13. The van der Waals surface area contributed by atoms with Crippen LogP contribution in [0.5, 0.6) is 0 Å². The Kier molecular flexibility index (Phi) is 2.62. The maximum absolute atomic E-state index is 5.33. The zero-order valence-electron chi connectivity index (χ0n) is 6.18. The van der Waals surface area contributed by atoms with Gasteiger partial charge in [0.2, 0.25) is 0 Å². The van der Waals surface area contributed by atoms with Gasteiger partial charge in [-0.3, -0.25) is 0 Å². The summed E-state index contributed by atoms with van der Waals surface area (Å²) in [7, 11) is 0. The Bertz CT molecular complexity index is 373. The molecule has 0 saturated heterocycles. The quantitative estimate of drug-likeness (QED) is 0.528. The minimum absolute atomic E-state index is 0.610. The van der Waals surface area contributed by atoms with Gasteiger partial charge in [0.15, 0.2) is 4.77 Å². The van der Waals surface area contributed by atoms with Crippen LogP contribution in [-0.4, -0.2) is 16.5 Å². The Morgan fingerprint density at radius 1 is 1.55 bits per heavy atom. The summed E-state index contributed by atoms with van der Waals surface area (Å²) in [5.41, 5.74) is 5.33. The standard InChI is InChI=1S/C7H11N3S/c1-5-6(3-2-4-8)10-7(11)9-5/h3H,1-2,4,8H2,(H2,9,10,11). The van der Waals surface area contributed by atoms with E-state index in [0.29, 0.717) is 11.3 Å². The molecule has 1 rings (SSSR count). The highest BCUT2D eigenvalue weighted by atomic mass is 32.1. The van der Waals surface area contributed by atoms with Gasteiger partial charge in [0.1, 0.15) is 0 Å². The van der Waals surface area contributed by atoms with Crippen molar-refractivity contribution in [3.8, 4) is 0 Å². The minimum Gasteiger partial charge on any atom is -0.331 e. The first-order chi connectivity index (χ1) is 5.24. The van der Waals surface area contributed by atoms with E-state index < -0.39 is 0 Å². The fourth-order valence-electron chi connectivity index (χ4n) is 0.835. The normalized spacial score (nSPS) is 12.3. The molecule has 0 saturated carbocycles. The second-order valence-electron chi connectivity index (χ2n) is 2.25. The number of aromatic amines is 2. The van der Waals surface area contributed by atoms with E-state index >= 15 is 0 Å². The maximum Gasteiger partial charge on any atom is 0.175 e. The fraction of sp³-hybridized carbons (Fsp3) is 0.286. The van der Waals surface area contributed by atoms with Crippen LogP contribution in [0.15, 0.2) is 0 Å². The summed E-state index contributed by atoms with van der Waals surface area (Å²) in [4.78, 5) is 5.86. The van der Waals surface area contributed by atoms with Crippen molar-refractivity contribution >= 4 is 24.9 Å². The number of imidazole rings is 1. The van der Waals surface area contributed by atoms with Crippen LogP contribution in [0, 0.1) is 4.77 Å². The molecule has 3 nitrogen and oxygen atoms in total. The zero-order valence-corrected chi connectivity index (χ0v) is 7.00. The zero-order chi connectivity index (χ0) is 8.27. The van der Waals surface area contributed by atoms with Gasteiger partial charge >= 0.3 is 0 Å². The molecule has 0 unspecified atom stereocenters. The minimum atomic E-state index is 0.610. The molecular weight excluding hydrogens is 158 g/mol. The first-order valence-corrected chi connectivity index (χ1v) is 3.82. The third-order valence-electron chi connectivity index (χ3n) is 1.35. The number of hydrogen-bond donors (Lipinski definition) is 3. The molecule has 0 aromatic carbocycles. The van der Waals surface area contributed by atoms with E-state index in [1.807, 2.05) is 6.08 Å². The van der Waals surface area contributed by atoms with Gasteiger partial charge in [-0.25, -0.2) is 0 Å². The molecule has 0 bridgehead atoms. The lowest BCUT2D eigenvalue weighted by Crippen LogP contribution is -2.22. The third kappa shape index (κ3) is 2.03. The van der Waals surface area contributed by atoms with E-state index in [4.69, 9.17) is 18.0 Å². The second kappa shape index (κ2) is 3.50. The number of H-pyrrole nitrogens is 2. The SMILES string of the molecule is C=c1[nH]c(=S)[nH]c1=CCCN. The molecule has 60 valence electrons. The van der Waals surface area contributed by atoms with Crippen LogP contribution in [0.1, 0.15) is 6.42 Å². The second-order valence-corrected chi connectivity index (χ2v) is 2.66. The topological polar surface area (TPSA) is 57.6 Å². The molecule has 0 aliphatic heterocycles. The van der Waals surface area contributed by atoms with Gasteiger partial charge in [0, 0.05) is 0 Å². The van der Waals surface area contributed by atoms with Crippen molar-refractivity contribution in [2.24, 2.45) is 5.73 Å². The number of nitrogens with two attached hydrogens (primary N) is 1. The van der Waals surface area contributed by atoms with E-state index in [9.17, 15) is 0 Å². The lowest BCUT2D eigenvalue weighted by atomic mass is 10.4. The van der Waals surface area contributed by atoms with Crippen LogP contribution in [0.25, 0.3) is 12.7 Å². The lowest BCUT2D eigenvalue weighted by Gasteiger charge is -1.80. The molecule has 1 aromatic heterocycles. The number of rotatable bonds is 2. The van der Waals surface area contributed by atoms with Gasteiger partial charge in [-0.15, -0.1) is 0 Å². The fourth-order valence-corrected chi connectivity index (χ4v) is 1.07. The van der Waals surface area contributed by atoms with Crippen LogP contribution < -0.4 is 16.4 Å². The van der Waals surface area contributed by atoms with E-state index in [1.54, 1.807) is 0 Å². The van der Waals surface area contributed by atoms with Crippen LogP contribution in [0.4, 0.5) is 0 Å². The first kappa shape index (κ1) is 8.23. The summed E-state index contributed by atoms with van der Waals surface area (Å²) in [6, 6.07) is 0. The average Bonchev–Trinajstić information content (AvgIpc) is 2.26. The summed E-state index contributed by atoms with van der Waals surface area (Å²) in [6.07, 6.45) is 2.82. The smallest absolute Gasteiger partial charge is 0.175 e. The molecule has 4 heteroatoms. The molecule has 1 aromatic rings. The van der Waals surface area contributed by atoms with Crippen LogP contribution >= 0.6 is 12.2 Å². The van der Waals surface area contributed by atoms with Crippen molar-refractivity contribution in [3.63, 3.8) is 0 Å². The molecule has 0 spiro atoms. The highest BCUT2D eigenvalue weighted by Crippen LogP contribution is 1.72. The van der Waals surface area contributed by atoms with E-state index in [1.165, 1.54) is 0 Å². The van der Waals surface area contributed by atoms with Gasteiger partial charge in [-0.05, 0) is 25.2 Å². The molecule has 0 amide bonds. The Morgan fingerprint density at radius 3 is 2.73 bits per heavy atom. The average molecular weight is 169 g/mol. The Morgan fingerprint density at radius 2 is 2.27 bits per heavy atom. The molecular formula is C7H11N3S. The summed E-state index contributed by atoms with van der Waals surface area (Å²) in [5.74, 6) is 0. The van der Waals surface area contributed by atoms with Crippen molar-refractivity contribution in [2.45, 2.75) is 6.42 Å². The Hall–Kier alpha value is -0.870. The largest absolute Gasteiger partial charge is 0.331 e. The van der Waals surface area contributed by atoms with Gasteiger partial charge in [-0.1, -0.05) is 12.7 Å². The monoisotopic (exact) mass is 169 g/mol. The number of hydrogen-bond acceptors (Lipinski definition) is 2. The van der Waals surface area contributed by atoms with Crippen molar-refractivity contribution in [2.75, 3.05) is 6.54 Å². The van der Waals surface area contributed by atoms with Crippen LogP contribution in [0.2, 0.25) is 0 Å².